The van der Waals surface area contributed by atoms with Crippen molar-refractivity contribution >= 4 is 21.8 Å². The van der Waals surface area contributed by atoms with Crippen LogP contribution in [0.25, 0.3) is 0 Å². The molecule has 0 spiro atoms. The molecule has 1 aliphatic heterocycles. The lowest BCUT2D eigenvalue weighted by Gasteiger charge is -2.32. The van der Waals surface area contributed by atoms with Crippen LogP contribution in [0.2, 0.25) is 0 Å². The van der Waals surface area contributed by atoms with E-state index in [0.29, 0.717) is 31.7 Å². The van der Waals surface area contributed by atoms with E-state index < -0.39 is 10.0 Å². The van der Waals surface area contributed by atoms with Gasteiger partial charge in [0.25, 0.3) is 0 Å². The molecule has 2 aromatic carbocycles. The number of hydrogen-bond donors (Lipinski definition) is 1. The van der Waals surface area contributed by atoms with Crippen LogP contribution in [0.4, 0.5) is 0 Å². The van der Waals surface area contributed by atoms with Crippen molar-refractivity contribution in [3.05, 3.63) is 60.2 Å². The third-order valence-electron chi connectivity index (χ3n) is 5.46. The predicted octanol–water partition coefficient (Wildman–Crippen LogP) is 1.61. The van der Waals surface area contributed by atoms with Gasteiger partial charge in [-0.2, -0.15) is 4.31 Å². The third kappa shape index (κ3) is 5.62. The Morgan fingerprint density at radius 2 is 1.68 bits per heavy atom. The van der Waals surface area contributed by atoms with Crippen LogP contribution in [0.1, 0.15) is 18.4 Å². The first kappa shape index (κ1) is 22.8. The lowest BCUT2D eigenvalue weighted by Crippen LogP contribution is -2.46. The quantitative estimate of drug-likeness (QED) is 0.664. The van der Waals surface area contributed by atoms with E-state index in [-0.39, 0.29) is 35.7 Å². The van der Waals surface area contributed by atoms with Crippen molar-refractivity contribution in [2.75, 3.05) is 26.7 Å². The monoisotopic (exact) mass is 445 g/mol. The predicted molar refractivity (Wildman–Crippen MR) is 116 cm³/mol. The maximum Gasteiger partial charge on any atom is 0.243 e. The van der Waals surface area contributed by atoms with Gasteiger partial charge in [0.15, 0.2) is 0 Å². The van der Waals surface area contributed by atoms with Gasteiger partial charge < -0.3 is 15.4 Å². The highest BCUT2D eigenvalue weighted by atomic mass is 32.2. The van der Waals surface area contributed by atoms with E-state index >= 15 is 0 Å². The molecule has 0 radical (unpaired) electrons. The van der Waals surface area contributed by atoms with Gasteiger partial charge in [0.2, 0.25) is 21.8 Å². The second-order valence-corrected chi connectivity index (χ2v) is 9.43. The highest BCUT2D eigenvalue weighted by Crippen LogP contribution is 2.22. The van der Waals surface area contributed by atoms with E-state index in [1.165, 1.54) is 23.5 Å². The number of carbonyl (C=O) groups excluding carboxylic acids is 2. The zero-order valence-electron chi connectivity index (χ0n) is 17.4. The topological polar surface area (TPSA) is 110 Å². The highest BCUT2D eigenvalue weighted by Gasteiger charge is 2.31. The minimum Gasteiger partial charge on any atom is -0.497 e. The molecule has 8 nitrogen and oxygen atoms in total. The standard InChI is InChI=1S/C22H27N3O5S/c1-30-19-7-9-20(10-8-19)31(28,29)25(15-17-5-3-2-4-6-17)16-21(26)24-13-11-18(12-14-24)22(23)27/h2-10,18H,11-16H2,1H3,(H2,23,27). The number of methoxy groups -OCH3 is 1. The molecule has 1 heterocycles. The number of hydrogen-bond acceptors (Lipinski definition) is 5. The molecule has 3 rings (SSSR count). The first-order chi connectivity index (χ1) is 14.8. The van der Waals surface area contributed by atoms with Crippen molar-refractivity contribution < 1.29 is 22.7 Å². The fourth-order valence-corrected chi connectivity index (χ4v) is 4.95. The second kappa shape index (κ2) is 9.93. The molecule has 0 atom stereocenters. The summed E-state index contributed by atoms with van der Waals surface area (Å²) in [4.78, 5) is 26.0. The van der Waals surface area contributed by atoms with Crippen LogP contribution in [-0.4, -0.2) is 56.2 Å². The van der Waals surface area contributed by atoms with Gasteiger partial charge in [-0.05, 0) is 42.7 Å². The van der Waals surface area contributed by atoms with Gasteiger partial charge in [0, 0.05) is 25.6 Å². The number of sulfonamides is 1. The lowest BCUT2D eigenvalue weighted by molar-refractivity contribution is -0.135. The van der Waals surface area contributed by atoms with E-state index in [1.54, 1.807) is 17.0 Å². The number of benzene rings is 2. The maximum absolute atomic E-state index is 13.3. The lowest BCUT2D eigenvalue weighted by atomic mass is 9.96. The molecule has 1 fully saturated rings. The molecule has 2 amide bonds. The minimum absolute atomic E-state index is 0.0681. The molecule has 0 saturated carbocycles. The number of rotatable bonds is 8. The van der Waals surface area contributed by atoms with Crippen LogP contribution in [0.15, 0.2) is 59.5 Å². The van der Waals surface area contributed by atoms with Gasteiger partial charge in [0.1, 0.15) is 5.75 Å². The number of ether oxygens (including phenoxy) is 1. The van der Waals surface area contributed by atoms with E-state index in [1.807, 2.05) is 30.3 Å². The zero-order valence-corrected chi connectivity index (χ0v) is 18.3. The fourth-order valence-electron chi connectivity index (χ4n) is 3.57. The van der Waals surface area contributed by atoms with Crippen molar-refractivity contribution in [3.63, 3.8) is 0 Å². The molecule has 2 N–H and O–H groups in total. The molecule has 166 valence electrons. The van der Waals surface area contributed by atoms with Gasteiger partial charge in [-0.3, -0.25) is 9.59 Å². The van der Waals surface area contributed by atoms with Gasteiger partial charge in [-0.25, -0.2) is 8.42 Å². The molecule has 0 aliphatic carbocycles. The number of primary amides is 1. The molecule has 0 unspecified atom stereocenters. The van der Waals surface area contributed by atoms with Crippen molar-refractivity contribution in [1.29, 1.82) is 0 Å². The van der Waals surface area contributed by atoms with Crippen LogP contribution in [0.3, 0.4) is 0 Å². The Balaban J connectivity index is 1.80. The molecule has 1 saturated heterocycles. The normalized spacial score (nSPS) is 15.1. The van der Waals surface area contributed by atoms with E-state index in [4.69, 9.17) is 10.5 Å². The smallest absolute Gasteiger partial charge is 0.243 e. The van der Waals surface area contributed by atoms with Crippen molar-refractivity contribution in [2.24, 2.45) is 11.7 Å². The molecular weight excluding hydrogens is 418 g/mol. The summed E-state index contributed by atoms with van der Waals surface area (Å²) in [5.41, 5.74) is 6.14. The number of amides is 2. The Labute approximate surface area is 182 Å². The summed E-state index contributed by atoms with van der Waals surface area (Å²) in [5, 5.41) is 0. The molecule has 1 aliphatic rings. The number of nitrogens with zero attached hydrogens (tertiary/aromatic N) is 2. The van der Waals surface area contributed by atoms with Crippen LogP contribution in [0.5, 0.6) is 5.75 Å². The summed E-state index contributed by atoms with van der Waals surface area (Å²) in [6.45, 7) is 0.547. The maximum atomic E-state index is 13.3. The molecule has 31 heavy (non-hydrogen) atoms. The van der Waals surface area contributed by atoms with Gasteiger partial charge >= 0.3 is 0 Å². The summed E-state index contributed by atoms with van der Waals surface area (Å²) in [6.07, 6.45) is 0.982. The van der Waals surface area contributed by atoms with Crippen LogP contribution in [0, 0.1) is 5.92 Å². The Bertz CT molecular complexity index is 1000. The first-order valence-electron chi connectivity index (χ1n) is 10.1. The summed E-state index contributed by atoms with van der Waals surface area (Å²) in [7, 11) is -2.42. The van der Waals surface area contributed by atoms with E-state index in [9.17, 15) is 18.0 Å². The van der Waals surface area contributed by atoms with Crippen molar-refractivity contribution in [2.45, 2.75) is 24.3 Å². The van der Waals surface area contributed by atoms with Crippen molar-refractivity contribution in [3.8, 4) is 5.75 Å². The Morgan fingerprint density at radius 1 is 1.06 bits per heavy atom. The van der Waals surface area contributed by atoms with Crippen LogP contribution in [-0.2, 0) is 26.2 Å². The average Bonchev–Trinajstić information content (AvgIpc) is 2.79. The van der Waals surface area contributed by atoms with Gasteiger partial charge in [-0.1, -0.05) is 30.3 Å². The minimum atomic E-state index is -3.93. The molecule has 0 aromatic heterocycles. The largest absolute Gasteiger partial charge is 0.497 e. The Hall–Kier alpha value is -2.91. The fraction of sp³-hybridized carbons (Fsp3) is 0.364. The molecule has 9 heteroatoms. The first-order valence-corrected chi connectivity index (χ1v) is 11.5. The number of likely N-dealkylation sites (tertiary alicyclic amines) is 1. The Kier molecular flexibility index (Phi) is 7.29. The zero-order chi connectivity index (χ0) is 22.4. The summed E-state index contributed by atoms with van der Waals surface area (Å²) >= 11 is 0. The third-order valence-corrected chi connectivity index (χ3v) is 7.27. The summed E-state index contributed by atoms with van der Waals surface area (Å²) < 4.78 is 33.0. The summed E-state index contributed by atoms with van der Waals surface area (Å²) in [6, 6.07) is 15.2. The van der Waals surface area contributed by atoms with Gasteiger partial charge in [-0.15, -0.1) is 0 Å². The SMILES string of the molecule is COc1ccc(S(=O)(=O)N(CC(=O)N2CCC(C(N)=O)CC2)Cc2ccccc2)cc1. The number of nitrogens with two attached hydrogens (primary N) is 1. The van der Waals surface area contributed by atoms with Crippen LogP contribution < -0.4 is 10.5 Å². The number of piperidine rings is 1. The molecular formula is C22H27N3O5S. The second-order valence-electron chi connectivity index (χ2n) is 7.49. The average molecular weight is 446 g/mol. The van der Waals surface area contributed by atoms with E-state index in [0.717, 1.165) is 5.56 Å². The molecule has 0 bridgehead atoms. The summed E-state index contributed by atoms with van der Waals surface area (Å²) in [5.74, 6) is -0.356. The van der Waals surface area contributed by atoms with E-state index in [2.05, 4.69) is 0 Å². The van der Waals surface area contributed by atoms with Gasteiger partial charge in [0.05, 0.1) is 18.6 Å². The van der Waals surface area contributed by atoms with Crippen LogP contribution >= 0.6 is 0 Å². The Morgan fingerprint density at radius 3 is 2.23 bits per heavy atom. The highest BCUT2D eigenvalue weighted by molar-refractivity contribution is 7.89. The van der Waals surface area contributed by atoms with Crippen molar-refractivity contribution in [1.82, 2.24) is 9.21 Å². The molecule has 2 aromatic rings. The number of carbonyl (C=O) groups is 2.